The largest absolute Gasteiger partial charge is 0.345 e. The van der Waals surface area contributed by atoms with E-state index in [1.54, 1.807) is 12.4 Å². The second-order valence-corrected chi connectivity index (χ2v) is 6.09. The molecule has 3 heterocycles. The molecule has 0 saturated carbocycles. The topological polar surface area (TPSA) is 72.2 Å². The fraction of sp³-hybridized carbons (Fsp3) is 0.444. The zero-order valence-corrected chi connectivity index (χ0v) is 14.4. The first kappa shape index (κ1) is 16.4. The van der Waals surface area contributed by atoms with Gasteiger partial charge in [0.25, 0.3) is 5.91 Å². The Morgan fingerprint density at radius 3 is 2.71 bits per heavy atom. The highest BCUT2D eigenvalue weighted by Crippen LogP contribution is 2.33. The van der Waals surface area contributed by atoms with Gasteiger partial charge in [-0.1, -0.05) is 20.8 Å². The summed E-state index contributed by atoms with van der Waals surface area (Å²) in [6.45, 7) is 7.46. The van der Waals surface area contributed by atoms with Crippen molar-refractivity contribution in [3.05, 3.63) is 41.5 Å². The van der Waals surface area contributed by atoms with Crippen LogP contribution in [0.25, 0.3) is 0 Å². The molecule has 2 aromatic heterocycles. The molecule has 2 aromatic rings. The molecule has 1 N–H and O–H groups in total. The van der Waals surface area contributed by atoms with Crippen LogP contribution in [0.2, 0.25) is 0 Å². The van der Waals surface area contributed by atoms with E-state index in [1.165, 1.54) is 0 Å². The van der Waals surface area contributed by atoms with Crippen LogP contribution < -0.4 is 5.32 Å². The standard InChI is InChI=1S/C18H23N5O/c1-4-10-23-17-16(15(22-23)12(3)5-2)21-14(11-20-18(17)24)13-6-8-19-9-7-13/h6-9,12H,4-5,10-11H2,1-3H3,(H,20,24). The van der Waals surface area contributed by atoms with Crippen LogP contribution in [-0.4, -0.2) is 32.9 Å². The Bertz CT molecular complexity index is 763. The van der Waals surface area contributed by atoms with E-state index in [9.17, 15) is 4.79 Å². The Balaban J connectivity index is 2.17. The van der Waals surface area contributed by atoms with Crippen molar-refractivity contribution in [2.45, 2.75) is 46.1 Å². The Labute approximate surface area is 142 Å². The molecule has 0 saturated heterocycles. The SMILES string of the molecule is CCCn1nc(C(C)CC)c2c1C(=O)NCC(c1ccncc1)=N2. The Hall–Kier alpha value is -2.50. The third-order valence-corrected chi connectivity index (χ3v) is 4.36. The maximum absolute atomic E-state index is 12.6. The molecule has 0 aromatic carbocycles. The predicted molar refractivity (Wildman–Crippen MR) is 94.0 cm³/mol. The van der Waals surface area contributed by atoms with Crippen molar-refractivity contribution in [2.75, 3.05) is 6.54 Å². The van der Waals surface area contributed by atoms with Crippen molar-refractivity contribution < 1.29 is 4.79 Å². The van der Waals surface area contributed by atoms with E-state index in [0.717, 1.165) is 35.5 Å². The third-order valence-electron chi connectivity index (χ3n) is 4.36. The number of rotatable bonds is 5. The lowest BCUT2D eigenvalue weighted by Gasteiger charge is -2.08. The molecule has 1 unspecified atom stereocenters. The number of nitrogens with zero attached hydrogens (tertiary/aromatic N) is 4. The van der Waals surface area contributed by atoms with Gasteiger partial charge >= 0.3 is 0 Å². The van der Waals surface area contributed by atoms with Gasteiger partial charge in [-0.3, -0.25) is 14.5 Å². The number of aromatic nitrogens is 3. The molecule has 6 nitrogen and oxygen atoms in total. The molecule has 1 aliphatic heterocycles. The number of pyridine rings is 1. The molecule has 3 rings (SSSR count). The molecular formula is C18H23N5O. The van der Waals surface area contributed by atoms with E-state index >= 15 is 0 Å². The monoisotopic (exact) mass is 325 g/mol. The quantitative estimate of drug-likeness (QED) is 0.918. The zero-order valence-electron chi connectivity index (χ0n) is 14.4. The first-order chi connectivity index (χ1) is 11.7. The van der Waals surface area contributed by atoms with Gasteiger partial charge in [-0.2, -0.15) is 5.10 Å². The molecule has 24 heavy (non-hydrogen) atoms. The van der Waals surface area contributed by atoms with Gasteiger partial charge in [0, 0.05) is 30.4 Å². The maximum Gasteiger partial charge on any atom is 0.272 e. The predicted octanol–water partition coefficient (Wildman–Crippen LogP) is 3.07. The highest BCUT2D eigenvalue weighted by atomic mass is 16.2. The Morgan fingerprint density at radius 2 is 2.04 bits per heavy atom. The van der Waals surface area contributed by atoms with Crippen LogP contribution in [0.3, 0.4) is 0 Å². The molecule has 1 amide bonds. The van der Waals surface area contributed by atoms with Crippen LogP contribution >= 0.6 is 0 Å². The fourth-order valence-electron chi connectivity index (χ4n) is 2.84. The first-order valence-corrected chi connectivity index (χ1v) is 8.52. The summed E-state index contributed by atoms with van der Waals surface area (Å²) in [5, 5.41) is 7.68. The number of hydrogen-bond donors (Lipinski definition) is 1. The van der Waals surface area contributed by atoms with Crippen LogP contribution in [0.5, 0.6) is 0 Å². The lowest BCUT2D eigenvalue weighted by molar-refractivity contribution is 0.0950. The molecule has 1 aliphatic rings. The summed E-state index contributed by atoms with van der Waals surface area (Å²) < 4.78 is 1.81. The average Bonchev–Trinajstić information content (AvgIpc) is 2.87. The first-order valence-electron chi connectivity index (χ1n) is 8.52. The second kappa shape index (κ2) is 6.95. The van der Waals surface area contributed by atoms with Crippen LogP contribution in [0.1, 0.15) is 61.3 Å². The maximum atomic E-state index is 12.6. The van der Waals surface area contributed by atoms with E-state index in [4.69, 9.17) is 10.1 Å². The molecule has 1 atom stereocenters. The van der Waals surface area contributed by atoms with Crippen molar-refractivity contribution in [2.24, 2.45) is 4.99 Å². The second-order valence-electron chi connectivity index (χ2n) is 6.09. The summed E-state index contributed by atoms with van der Waals surface area (Å²) in [6.07, 6.45) is 5.35. The Morgan fingerprint density at radius 1 is 1.29 bits per heavy atom. The van der Waals surface area contributed by atoms with Crippen LogP contribution in [0.4, 0.5) is 5.69 Å². The number of fused-ring (bicyclic) bond motifs is 1. The van der Waals surface area contributed by atoms with Crippen LogP contribution in [0, 0.1) is 0 Å². The Kier molecular flexibility index (Phi) is 4.74. The highest BCUT2D eigenvalue weighted by molar-refractivity contribution is 6.10. The van der Waals surface area contributed by atoms with Gasteiger partial charge in [0.1, 0.15) is 5.69 Å². The van der Waals surface area contributed by atoms with Gasteiger partial charge < -0.3 is 5.32 Å². The zero-order chi connectivity index (χ0) is 17.1. The number of hydrogen-bond acceptors (Lipinski definition) is 4. The lowest BCUT2D eigenvalue weighted by Crippen LogP contribution is -2.30. The van der Waals surface area contributed by atoms with E-state index < -0.39 is 0 Å². The van der Waals surface area contributed by atoms with E-state index in [0.29, 0.717) is 18.8 Å². The molecule has 0 spiro atoms. The van der Waals surface area contributed by atoms with Crippen LogP contribution in [-0.2, 0) is 6.54 Å². The molecule has 126 valence electrons. The smallest absolute Gasteiger partial charge is 0.272 e. The van der Waals surface area contributed by atoms with Crippen molar-refractivity contribution in [1.29, 1.82) is 0 Å². The molecule has 0 fully saturated rings. The van der Waals surface area contributed by atoms with Gasteiger partial charge in [-0.15, -0.1) is 0 Å². The number of aryl methyl sites for hydroxylation is 1. The summed E-state index contributed by atoms with van der Waals surface area (Å²) in [4.78, 5) is 21.6. The number of carbonyl (C=O) groups is 1. The van der Waals surface area contributed by atoms with Gasteiger partial charge in [0.2, 0.25) is 0 Å². The average molecular weight is 325 g/mol. The van der Waals surface area contributed by atoms with Gasteiger partial charge in [-0.05, 0) is 25.0 Å². The van der Waals surface area contributed by atoms with Crippen molar-refractivity contribution in [3.63, 3.8) is 0 Å². The highest BCUT2D eigenvalue weighted by Gasteiger charge is 2.28. The van der Waals surface area contributed by atoms with Gasteiger partial charge in [0.15, 0.2) is 5.69 Å². The summed E-state index contributed by atoms with van der Waals surface area (Å²) >= 11 is 0. The van der Waals surface area contributed by atoms with Gasteiger partial charge in [-0.25, -0.2) is 4.99 Å². The minimum atomic E-state index is -0.103. The molecular weight excluding hydrogens is 302 g/mol. The molecule has 0 bridgehead atoms. The van der Waals surface area contributed by atoms with Gasteiger partial charge in [0.05, 0.1) is 18.0 Å². The lowest BCUT2D eigenvalue weighted by atomic mass is 10.0. The van der Waals surface area contributed by atoms with Crippen molar-refractivity contribution >= 4 is 17.3 Å². The number of nitrogens with one attached hydrogen (secondary N) is 1. The van der Waals surface area contributed by atoms with Crippen molar-refractivity contribution in [1.82, 2.24) is 20.1 Å². The number of carbonyl (C=O) groups excluding carboxylic acids is 1. The molecule has 0 aliphatic carbocycles. The molecule has 0 radical (unpaired) electrons. The fourth-order valence-corrected chi connectivity index (χ4v) is 2.84. The number of amides is 1. The summed E-state index contributed by atoms with van der Waals surface area (Å²) in [5.41, 5.74) is 4.02. The summed E-state index contributed by atoms with van der Waals surface area (Å²) in [5.74, 6) is 0.151. The molecule has 6 heteroatoms. The van der Waals surface area contributed by atoms with Crippen LogP contribution in [0.15, 0.2) is 29.5 Å². The van der Waals surface area contributed by atoms with E-state index in [-0.39, 0.29) is 11.8 Å². The third kappa shape index (κ3) is 2.96. The summed E-state index contributed by atoms with van der Waals surface area (Å²) in [6, 6.07) is 3.82. The number of aliphatic imine (C=N–C) groups is 1. The summed E-state index contributed by atoms with van der Waals surface area (Å²) in [7, 11) is 0. The minimum absolute atomic E-state index is 0.103. The minimum Gasteiger partial charge on any atom is -0.345 e. The normalized spacial score (nSPS) is 15.3. The van der Waals surface area contributed by atoms with E-state index in [1.807, 2.05) is 16.8 Å². The van der Waals surface area contributed by atoms with Crippen molar-refractivity contribution in [3.8, 4) is 0 Å². The van der Waals surface area contributed by atoms with E-state index in [2.05, 4.69) is 31.1 Å².